The number of allylic oxidation sites excluding steroid dienone is 2. The van der Waals surface area contributed by atoms with E-state index >= 15 is 0 Å². The Labute approximate surface area is 111 Å². The van der Waals surface area contributed by atoms with Crippen molar-refractivity contribution in [2.45, 2.75) is 59.5 Å². The molecule has 0 aliphatic heterocycles. The van der Waals surface area contributed by atoms with Crippen LogP contribution in [0.3, 0.4) is 0 Å². The minimum atomic E-state index is -0.414. The zero-order chi connectivity index (χ0) is 13.9. The normalized spacial score (nSPS) is 25.1. The van der Waals surface area contributed by atoms with E-state index in [0.717, 1.165) is 19.3 Å². The molecule has 0 N–H and O–H groups in total. The van der Waals surface area contributed by atoms with Gasteiger partial charge >= 0.3 is 5.97 Å². The Morgan fingerprint density at radius 2 is 2.11 bits per heavy atom. The fourth-order valence-electron chi connectivity index (χ4n) is 2.48. The highest BCUT2D eigenvalue weighted by Gasteiger charge is 2.35. The highest BCUT2D eigenvalue weighted by atomic mass is 16.6. The monoisotopic (exact) mass is 250 g/mol. The van der Waals surface area contributed by atoms with Crippen LogP contribution in [0.5, 0.6) is 0 Å². The summed E-state index contributed by atoms with van der Waals surface area (Å²) < 4.78 is 5.62. The van der Waals surface area contributed by atoms with Crippen molar-refractivity contribution in [2.75, 3.05) is 0 Å². The molecule has 0 bridgehead atoms. The smallest absolute Gasteiger partial charge is 0.333 e. The molecule has 2 heteroatoms. The molecule has 1 aliphatic carbocycles. The lowest BCUT2D eigenvalue weighted by atomic mass is 9.81. The quantitative estimate of drug-likeness (QED) is 0.425. The van der Waals surface area contributed by atoms with Crippen molar-refractivity contribution in [3.63, 3.8) is 0 Å². The Balaban J connectivity index is 2.73. The van der Waals surface area contributed by atoms with Gasteiger partial charge in [-0.05, 0) is 58.8 Å². The Morgan fingerprint density at radius 3 is 2.67 bits per heavy atom. The highest BCUT2D eigenvalue weighted by molar-refractivity contribution is 5.87. The van der Waals surface area contributed by atoms with Crippen LogP contribution in [0.1, 0.15) is 53.9 Å². The second-order valence-corrected chi connectivity index (χ2v) is 6.13. The number of esters is 1. The summed E-state index contributed by atoms with van der Waals surface area (Å²) in [5, 5.41) is 0. The first-order valence-electron chi connectivity index (χ1n) is 6.79. The van der Waals surface area contributed by atoms with E-state index in [9.17, 15) is 4.79 Å². The molecule has 0 fully saturated rings. The molecule has 0 amide bonds. The zero-order valence-corrected chi connectivity index (χ0v) is 12.4. The molecule has 0 saturated carbocycles. The van der Waals surface area contributed by atoms with Gasteiger partial charge in [-0.3, -0.25) is 0 Å². The standard InChI is InChI=1S/C16H26O2/c1-11(2)15(17)18-16(5,6)14-9-7-8-12(3)13(4)10-14/h8,13-14H,1,7,9-10H2,2-6H3. The summed E-state index contributed by atoms with van der Waals surface area (Å²) in [6.45, 7) is 13.8. The van der Waals surface area contributed by atoms with Gasteiger partial charge in [0.1, 0.15) is 5.60 Å². The van der Waals surface area contributed by atoms with Gasteiger partial charge in [-0.25, -0.2) is 4.79 Å². The minimum absolute atomic E-state index is 0.276. The van der Waals surface area contributed by atoms with Crippen LogP contribution in [0.2, 0.25) is 0 Å². The number of carbonyl (C=O) groups excluding carboxylic acids is 1. The first-order valence-corrected chi connectivity index (χ1v) is 6.79. The number of rotatable bonds is 3. The lowest BCUT2D eigenvalue weighted by Crippen LogP contribution is -2.37. The molecule has 2 atom stereocenters. The number of ether oxygens (including phenoxy) is 1. The molecule has 0 spiro atoms. The van der Waals surface area contributed by atoms with Gasteiger partial charge in [-0.2, -0.15) is 0 Å². The average molecular weight is 250 g/mol. The molecule has 0 heterocycles. The van der Waals surface area contributed by atoms with Crippen molar-refractivity contribution in [3.05, 3.63) is 23.8 Å². The molecule has 0 aromatic carbocycles. The second-order valence-electron chi connectivity index (χ2n) is 6.13. The molecular weight excluding hydrogens is 224 g/mol. The van der Waals surface area contributed by atoms with E-state index in [1.165, 1.54) is 5.57 Å². The third-order valence-electron chi connectivity index (χ3n) is 4.08. The van der Waals surface area contributed by atoms with E-state index in [1.54, 1.807) is 6.92 Å². The van der Waals surface area contributed by atoms with Crippen LogP contribution in [0, 0.1) is 11.8 Å². The van der Waals surface area contributed by atoms with Gasteiger partial charge in [0.2, 0.25) is 0 Å². The summed E-state index contributed by atoms with van der Waals surface area (Å²) in [4.78, 5) is 11.7. The molecule has 102 valence electrons. The number of carbonyl (C=O) groups is 1. The van der Waals surface area contributed by atoms with E-state index in [1.807, 2.05) is 13.8 Å². The molecule has 0 aromatic heterocycles. The second kappa shape index (κ2) is 5.73. The summed E-state index contributed by atoms with van der Waals surface area (Å²) in [5.74, 6) is 0.700. The lowest BCUT2D eigenvalue weighted by molar-refractivity contribution is -0.157. The van der Waals surface area contributed by atoms with E-state index in [4.69, 9.17) is 4.74 Å². The zero-order valence-electron chi connectivity index (χ0n) is 12.4. The molecule has 0 radical (unpaired) electrons. The fraction of sp³-hybridized carbons (Fsp3) is 0.688. The predicted octanol–water partition coefficient (Wildman–Crippen LogP) is 4.27. The molecule has 1 rings (SSSR count). The Morgan fingerprint density at radius 1 is 1.50 bits per heavy atom. The Hall–Kier alpha value is -1.05. The van der Waals surface area contributed by atoms with Crippen LogP contribution < -0.4 is 0 Å². The van der Waals surface area contributed by atoms with Crippen molar-refractivity contribution in [1.29, 1.82) is 0 Å². The van der Waals surface area contributed by atoms with Crippen LogP contribution in [-0.4, -0.2) is 11.6 Å². The third kappa shape index (κ3) is 3.72. The van der Waals surface area contributed by atoms with Gasteiger partial charge in [0.25, 0.3) is 0 Å². The Bertz CT molecular complexity index is 363. The summed E-state index contributed by atoms with van der Waals surface area (Å²) in [6.07, 6.45) is 5.56. The summed E-state index contributed by atoms with van der Waals surface area (Å²) >= 11 is 0. The van der Waals surface area contributed by atoms with Gasteiger partial charge in [0.15, 0.2) is 0 Å². The molecule has 18 heavy (non-hydrogen) atoms. The lowest BCUT2D eigenvalue weighted by Gasteiger charge is -2.35. The SMILES string of the molecule is C=C(C)C(=O)OC(C)(C)C1CCC=C(C)C(C)C1. The molecule has 2 unspecified atom stereocenters. The fourth-order valence-corrected chi connectivity index (χ4v) is 2.48. The maximum absolute atomic E-state index is 11.7. The predicted molar refractivity (Wildman–Crippen MR) is 75.2 cm³/mol. The molecule has 0 saturated heterocycles. The topological polar surface area (TPSA) is 26.3 Å². The third-order valence-corrected chi connectivity index (χ3v) is 4.08. The number of hydrogen-bond donors (Lipinski definition) is 0. The summed E-state index contributed by atoms with van der Waals surface area (Å²) in [7, 11) is 0. The van der Waals surface area contributed by atoms with Crippen molar-refractivity contribution >= 4 is 5.97 Å². The first-order chi connectivity index (χ1) is 8.24. The van der Waals surface area contributed by atoms with Gasteiger partial charge in [0.05, 0.1) is 0 Å². The number of hydrogen-bond acceptors (Lipinski definition) is 2. The van der Waals surface area contributed by atoms with Crippen molar-refractivity contribution in [2.24, 2.45) is 11.8 Å². The maximum atomic E-state index is 11.7. The van der Waals surface area contributed by atoms with E-state index in [-0.39, 0.29) is 5.97 Å². The highest BCUT2D eigenvalue weighted by Crippen LogP contribution is 2.36. The molecular formula is C16H26O2. The largest absolute Gasteiger partial charge is 0.456 e. The van der Waals surface area contributed by atoms with Crippen LogP contribution in [0.15, 0.2) is 23.8 Å². The van der Waals surface area contributed by atoms with Crippen LogP contribution >= 0.6 is 0 Å². The van der Waals surface area contributed by atoms with Gasteiger partial charge < -0.3 is 4.74 Å². The summed E-state index contributed by atoms with van der Waals surface area (Å²) in [5.41, 5.74) is 1.52. The first kappa shape index (κ1) is 15.0. The average Bonchev–Trinajstić information content (AvgIpc) is 2.41. The van der Waals surface area contributed by atoms with Crippen molar-refractivity contribution in [3.8, 4) is 0 Å². The molecule has 2 nitrogen and oxygen atoms in total. The summed E-state index contributed by atoms with van der Waals surface area (Å²) in [6, 6.07) is 0. The van der Waals surface area contributed by atoms with Gasteiger partial charge in [-0.15, -0.1) is 0 Å². The van der Waals surface area contributed by atoms with Crippen molar-refractivity contribution in [1.82, 2.24) is 0 Å². The minimum Gasteiger partial charge on any atom is -0.456 e. The molecule has 1 aliphatic rings. The van der Waals surface area contributed by atoms with Gasteiger partial charge in [0, 0.05) is 5.57 Å². The van der Waals surface area contributed by atoms with Crippen LogP contribution in [-0.2, 0) is 9.53 Å². The van der Waals surface area contributed by atoms with Crippen molar-refractivity contribution < 1.29 is 9.53 Å². The maximum Gasteiger partial charge on any atom is 0.333 e. The van der Waals surface area contributed by atoms with E-state index < -0.39 is 5.60 Å². The van der Waals surface area contributed by atoms with E-state index in [0.29, 0.717) is 17.4 Å². The molecule has 0 aromatic rings. The van der Waals surface area contributed by atoms with Crippen LogP contribution in [0.25, 0.3) is 0 Å². The Kier molecular flexibility index (Phi) is 4.78. The van der Waals surface area contributed by atoms with Gasteiger partial charge in [-0.1, -0.05) is 25.2 Å². The van der Waals surface area contributed by atoms with E-state index in [2.05, 4.69) is 26.5 Å². The van der Waals surface area contributed by atoms with Crippen LogP contribution in [0.4, 0.5) is 0 Å².